The second-order valence-electron chi connectivity index (χ2n) is 8.52. The lowest BCUT2D eigenvalue weighted by Crippen LogP contribution is -2.23. The van der Waals surface area contributed by atoms with Gasteiger partial charge >= 0.3 is 0 Å². The van der Waals surface area contributed by atoms with E-state index in [0.717, 1.165) is 74.6 Å². The van der Waals surface area contributed by atoms with E-state index in [1.165, 1.54) is 12.8 Å². The molecule has 0 radical (unpaired) electrons. The van der Waals surface area contributed by atoms with Crippen LogP contribution in [-0.2, 0) is 0 Å². The first-order valence-corrected chi connectivity index (χ1v) is 11.4. The zero-order chi connectivity index (χ0) is 21.3. The van der Waals surface area contributed by atoms with Crippen LogP contribution in [0.2, 0.25) is 0 Å². The van der Waals surface area contributed by atoms with Crippen molar-refractivity contribution in [2.75, 3.05) is 0 Å². The summed E-state index contributed by atoms with van der Waals surface area (Å²) in [5.74, 6) is 1.07. The zero-order valence-electron chi connectivity index (χ0n) is 18.2. The number of nitrogens with zero attached hydrogens (tertiary/aromatic N) is 2. The molecule has 0 aliphatic heterocycles. The number of hydrazone groups is 2. The highest BCUT2D eigenvalue weighted by Crippen LogP contribution is 2.25. The minimum Gasteiger partial charge on any atom is -0.267 e. The maximum atomic E-state index is 12.3. The molecule has 1 aromatic rings. The van der Waals surface area contributed by atoms with E-state index in [1.54, 1.807) is 24.3 Å². The molecule has 0 atom stereocenters. The van der Waals surface area contributed by atoms with Crippen LogP contribution in [0.15, 0.2) is 34.5 Å². The standard InChI is InChI=1S/C24H34N4O2/c1-3-17-5-13-21(14-6-17)25-27-23(29)19-9-11-20(12-10-19)24(30)28-26-22-15-7-18(4-2)8-16-22/h9-12,17-18H,3-8,13-16H2,1-2H3,(H,27,29)(H,28,30). The molecule has 1 aromatic carbocycles. The maximum Gasteiger partial charge on any atom is 0.271 e. The smallest absolute Gasteiger partial charge is 0.267 e. The van der Waals surface area contributed by atoms with Crippen LogP contribution in [-0.4, -0.2) is 23.2 Å². The average Bonchev–Trinajstić information content (AvgIpc) is 2.81. The summed E-state index contributed by atoms with van der Waals surface area (Å²) in [7, 11) is 0. The topological polar surface area (TPSA) is 82.9 Å². The van der Waals surface area contributed by atoms with E-state index < -0.39 is 0 Å². The molecular formula is C24H34N4O2. The lowest BCUT2D eigenvalue weighted by molar-refractivity contribution is 0.0942. The summed E-state index contributed by atoms with van der Waals surface area (Å²) >= 11 is 0. The molecule has 2 fully saturated rings. The summed E-state index contributed by atoms with van der Waals surface area (Å²) in [4.78, 5) is 24.7. The normalized spacial score (nSPS) is 21.7. The average molecular weight is 411 g/mol. The number of carbonyl (C=O) groups is 2. The zero-order valence-corrected chi connectivity index (χ0v) is 18.2. The number of rotatable bonds is 6. The van der Waals surface area contributed by atoms with Gasteiger partial charge in [-0.05, 0) is 87.5 Å². The SMILES string of the molecule is CCC1CCC(=NNC(=O)c2ccc(C(=O)NN=C3CCC(CC)CC3)cc2)CC1. The molecule has 0 heterocycles. The fourth-order valence-electron chi connectivity index (χ4n) is 4.22. The Bertz CT molecular complexity index is 711. The van der Waals surface area contributed by atoms with Crippen LogP contribution >= 0.6 is 0 Å². The molecule has 162 valence electrons. The van der Waals surface area contributed by atoms with Gasteiger partial charge in [-0.15, -0.1) is 0 Å². The van der Waals surface area contributed by atoms with E-state index in [-0.39, 0.29) is 11.8 Å². The maximum absolute atomic E-state index is 12.3. The van der Waals surface area contributed by atoms with Crippen LogP contribution in [0.4, 0.5) is 0 Å². The Hall–Kier alpha value is -2.50. The fourth-order valence-corrected chi connectivity index (χ4v) is 4.22. The predicted octanol–water partition coefficient (Wildman–Crippen LogP) is 5.06. The van der Waals surface area contributed by atoms with E-state index in [2.05, 4.69) is 34.9 Å². The summed E-state index contributed by atoms with van der Waals surface area (Å²) in [5, 5.41) is 8.60. The van der Waals surface area contributed by atoms with Crippen molar-refractivity contribution in [2.45, 2.75) is 78.1 Å². The van der Waals surface area contributed by atoms with Gasteiger partial charge in [0.05, 0.1) is 0 Å². The molecule has 2 aliphatic carbocycles. The van der Waals surface area contributed by atoms with Gasteiger partial charge in [0.1, 0.15) is 0 Å². The second kappa shape index (κ2) is 11.0. The molecule has 30 heavy (non-hydrogen) atoms. The van der Waals surface area contributed by atoms with Crippen molar-refractivity contribution >= 4 is 23.2 Å². The summed E-state index contributed by atoms with van der Waals surface area (Å²) in [5.41, 5.74) is 8.41. The Morgan fingerprint density at radius 3 is 1.37 bits per heavy atom. The molecule has 0 saturated heterocycles. The van der Waals surface area contributed by atoms with E-state index in [1.807, 2.05) is 0 Å². The van der Waals surface area contributed by atoms with E-state index in [4.69, 9.17) is 0 Å². The van der Waals surface area contributed by atoms with Crippen LogP contribution in [0, 0.1) is 11.8 Å². The predicted molar refractivity (Wildman–Crippen MR) is 121 cm³/mol. The Morgan fingerprint density at radius 1 is 0.733 bits per heavy atom. The molecule has 6 nitrogen and oxygen atoms in total. The van der Waals surface area contributed by atoms with E-state index >= 15 is 0 Å². The van der Waals surface area contributed by atoms with Crippen molar-refractivity contribution < 1.29 is 9.59 Å². The Kier molecular flexibility index (Phi) is 8.17. The molecule has 6 heteroatoms. The molecule has 3 rings (SSSR count). The summed E-state index contributed by atoms with van der Waals surface area (Å²) in [6.45, 7) is 4.45. The lowest BCUT2D eigenvalue weighted by atomic mass is 9.86. The van der Waals surface area contributed by atoms with Crippen molar-refractivity contribution in [1.29, 1.82) is 0 Å². The summed E-state index contributed by atoms with van der Waals surface area (Å²) in [6, 6.07) is 6.60. The highest BCUT2D eigenvalue weighted by atomic mass is 16.2. The number of nitrogens with one attached hydrogen (secondary N) is 2. The van der Waals surface area contributed by atoms with Gasteiger partial charge in [0.15, 0.2) is 0 Å². The molecule has 0 aromatic heterocycles. The third kappa shape index (κ3) is 6.25. The summed E-state index contributed by atoms with van der Waals surface area (Å²) < 4.78 is 0. The van der Waals surface area contributed by atoms with Crippen LogP contribution < -0.4 is 10.9 Å². The van der Waals surface area contributed by atoms with Gasteiger partial charge in [-0.1, -0.05) is 26.7 Å². The fraction of sp³-hybridized carbons (Fsp3) is 0.583. The third-order valence-corrected chi connectivity index (χ3v) is 6.56. The quantitative estimate of drug-likeness (QED) is 0.643. The second-order valence-corrected chi connectivity index (χ2v) is 8.52. The molecule has 0 bridgehead atoms. The monoisotopic (exact) mass is 410 g/mol. The number of hydrogen-bond donors (Lipinski definition) is 2. The Labute approximate surface area is 179 Å². The van der Waals surface area contributed by atoms with E-state index in [0.29, 0.717) is 11.1 Å². The molecule has 2 amide bonds. The molecule has 2 N–H and O–H groups in total. The largest absolute Gasteiger partial charge is 0.271 e. The molecule has 2 aliphatic rings. The third-order valence-electron chi connectivity index (χ3n) is 6.56. The first kappa shape index (κ1) is 22.2. The Balaban J connectivity index is 1.48. The van der Waals surface area contributed by atoms with Gasteiger partial charge in [0.2, 0.25) is 0 Å². The van der Waals surface area contributed by atoms with Crippen molar-refractivity contribution in [1.82, 2.24) is 10.9 Å². The summed E-state index contributed by atoms with van der Waals surface area (Å²) in [6.07, 6.45) is 10.9. The highest BCUT2D eigenvalue weighted by Gasteiger charge is 2.17. The highest BCUT2D eigenvalue weighted by molar-refractivity contribution is 5.99. The minimum absolute atomic E-state index is 0.250. The Morgan fingerprint density at radius 2 is 1.07 bits per heavy atom. The van der Waals surface area contributed by atoms with Crippen molar-refractivity contribution in [2.24, 2.45) is 22.0 Å². The minimum atomic E-state index is -0.250. The molecule has 2 saturated carbocycles. The van der Waals surface area contributed by atoms with Gasteiger partial charge in [-0.3, -0.25) is 9.59 Å². The van der Waals surface area contributed by atoms with Gasteiger partial charge in [0, 0.05) is 22.6 Å². The van der Waals surface area contributed by atoms with Crippen LogP contribution in [0.1, 0.15) is 98.8 Å². The van der Waals surface area contributed by atoms with Crippen molar-refractivity contribution in [3.05, 3.63) is 35.4 Å². The number of carbonyl (C=O) groups excluding carboxylic acids is 2. The van der Waals surface area contributed by atoms with Crippen LogP contribution in [0.25, 0.3) is 0 Å². The van der Waals surface area contributed by atoms with Gasteiger partial charge in [-0.25, -0.2) is 10.9 Å². The van der Waals surface area contributed by atoms with Gasteiger partial charge in [-0.2, -0.15) is 10.2 Å². The first-order chi connectivity index (χ1) is 14.6. The van der Waals surface area contributed by atoms with Gasteiger partial charge < -0.3 is 0 Å². The van der Waals surface area contributed by atoms with Crippen LogP contribution in [0.3, 0.4) is 0 Å². The van der Waals surface area contributed by atoms with E-state index in [9.17, 15) is 9.59 Å². The molecule has 0 spiro atoms. The molecular weight excluding hydrogens is 376 g/mol. The first-order valence-electron chi connectivity index (χ1n) is 11.4. The number of benzene rings is 1. The van der Waals surface area contributed by atoms with Crippen molar-refractivity contribution in [3.8, 4) is 0 Å². The van der Waals surface area contributed by atoms with Crippen LogP contribution in [0.5, 0.6) is 0 Å². The van der Waals surface area contributed by atoms with Crippen molar-refractivity contribution in [3.63, 3.8) is 0 Å². The lowest BCUT2D eigenvalue weighted by Gasteiger charge is -2.21. The number of hydrogen-bond acceptors (Lipinski definition) is 4. The van der Waals surface area contributed by atoms with Gasteiger partial charge in [0.25, 0.3) is 11.8 Å². The molecule has 0 unspecified atom stereocenters. The number of amides is 2.